The van der Waals surface area contributed by atoms with Crippen LogP contribution in [0.5, 0.6) is 5.75 Å². The molecule has 1 heterocycles. The first-order chi connectivity index (χ1) is 16.5. The van der Waals surface area contributed by atoms with Gasteiger partial charge in [0.15, 0.2) is 0 Å². The topological polar surface area (TPSA) is 78.0 Å². The van der Waals surface area contributed by atoms with Crippen LogP contribution in [-0.4, -0.2) is 43.5 Å². The van der Waals surface area contributed by atoms with Crippen LogP contribution in [0, 0.1) is 0 Å². The summed E-state index contributed by atoms with van der Waals surface area (Å²) in [5, 5.41) is 6.83. The van der Waals surface area contributed by atoms with Crippen LogP contribution in [0.1, 0.15) is 38.5 Å². The molecular weight excluding hydrogens is 446 g/mol. The number of rotatable bonds is 9. The molecule has 8 heteroatoms. The zero-order valence-electron chi connectivity index (χ0n) is 20.3. The highest BCUT2D eigenvalue weighted by Crippen LogP contribution is 2.24. The van der Waals surface area contributed by atoms with E-state index >= 15 is 0 Å². The van der Waals surface area contributed by atoms with Crippen LogP contribution in [0.15, 0.2) is 70.2 Å². The number of anilines is 2. The van der Waals surface area contributed by atoms with Crippen molar-refractivity contribution in [1.82, 2.24) is 10.0 Å². The summed E-state index contributed by atoms with van der Waals surface area (Å²) in [4.78, 5) is 3.08. The van der Waals surface area contributed by atoms with Gasteiger partial charge in [-0.05, 0) is 67.8 Å². The van der Waals surface area contributed by atoms with Gasteiger partial charge in [0.2, 0.25) is 0 Å². The van der Waals surface area contributed by atoms with Crippen molar-refractivity contribution in [3.63, 3.8) is 0 Å². The molecule has 184 valence electrons. The molecule has 2 aliphatic rings. The number of benzene rings is 2. The Bertz CT molecular complexity index is 1070. The van der Waals surface area contributed by atoms with Gasteiger partial charge in [-0.25, -0.2) is 13.3 Å². The molecule has 0 amide bonds. The predicted octanol–water partition coefficient (Wildman–Crippen LogP) is 4.74. The van der Waals surface area contributed by atoms with Crippen molar-refractivity contribution in [2.75, 3.05) is 37.5 Å². The zero-order chi connectivity index (χ0) is 24.0. The quantitative estimate of drug-likeness (QED) is 0.480. The highest BCUT2D eigenvalue weighted by atomic mass is 32.2. The normalized spacial score (nSPS) is 20.4. The van der Waals surface area contributed by atoms with E-state index in [0.717, 1.165) is 54.5 Å². The Hall–Kier alpha value is -2.71. The molecule has 0 radical (unpaired) electrons. The Morgan fingerprint density at radius 2 is 1.74 bits per heavy atom. The van der Waals surface area contributed by atoms with E-state index in [4.69, 9.17) is 4.74 Å². The summed E-state index contributed by atoms with van der Waals surface area (Å²) in [6, 6.07) is 16.4. The SMILES string of the molecule is C=C(Nc1ccc(S(=O)(=NC)NC2CCCCC2)cc1)NC1CCN(c2ccc(OC)cc2)C1. The highest BCUT2D eigenvalue weighted by Gasteiger charge is 2.23. The molecule has 0 aromatic heterocycles. The van der Waals surface area contributed by atoms with E-state index in [1.807, 2.05) is 36.4 Å². The average Bonchev–Trinajstić information content (AvgIpc) is 3.33. The third-order valence-electron chi connectivity index (χ3n) is 6.66. The first kappa shape index (κ1) is 24.4. The summed E-state index contributed by atoms with van der Waals surface area (Å²) in [7, 11) is 0.705. The van der Waals surface area contributed by atoms with E-state index in [-0.39, 0.29) is 6.04 Å². The van der Waals surface area contributed by atoms with Crippen molar-refractivity contribution in [3.8, 4) is 5.75 Å². The van der Waals surface area contributed by atoms with E-state index < -0.39 is 9.92 Å². The first-order valence-electron chi connectivity index (χ1n) is 12.1. The van der Waals surface area contributed by atoms with Gasteiger partial charge in [-0.2, -0.15) is 0 Å². The standard InChI is InChI=1S/C26H37N5O2S/c1-20(29-23-17-18-31(19-23)24-11-13-25(33-3)14-12-24)28-21-9-15-26(16-10-21)34(32,27-2)30-22-7-5-4-6-8-22/h9-16,22-23,28-29H,1,4-8,17-19H2,2-3H3,(H,27,30,32). The van der Waals surface area contributed by atoms with Crippen LogP contribution in [0.4, 0.5) is 11.4 Å². The summed E-state index contributed by atoms with van der Waals surface area (Å²) in [5.41, 5.74) is 2.10. The zero-order valence-corrected chi connectivity index (χ0v) is 21.1. The summed E-state index contributed by atoms with van der Waals surface area (Å²) < 4.78 is 26.3. The summed E-state index contributed by atoms with van der Waals surface area (Å²) in [5.74, 6) is 1.63. The molecule has 2 fully saturated rings. The van der Waals surface area contributed by atoms with Gasteiger partial charge in [0.05, 0.1) is 17.8 Å². The highest BCUT2D eigenvalue weighted by molar-refractivity contribution is 7.91. The minimum atomic E-state index is -2.61. The van der Waals surface area contributed by atoms with Gasteiger partial charge in [0.1, 0.15) is 15.7 Å². The molecule has 0 bridgehead atoms. The van der Waals surface area contributed by atoms with Gasteiger partial charge in [-0.1, -0.05) is 25.8 Å². The van der Waals surface area contributed by atoms with Gasteiger partial charge in [-0.3, -0.25) is 0 Å². The second-order valence-electron chi connectivity index (χ2n) is 9.06. The number of hydrogen-bond donors (Lipinski definition) is 3. The number of methoxy groups -OCH3 is 1. The van der Waals surface area contributed by atoms with Gasteiger partial charge in [0, 0.05) is 43.6 Å². The minimum Gasteiger partial charge on any atom is -0.497 e. The minimum absolute atomic E-state index is 0.274. The molecule has 1 aliphatic carbocycles. The second-order valence-corrected chi connectivity index (χ2v) is 11.2. The van der Waals surface area contributed by atoms with Crippen LogP contribution < -0.4 is 25.0 Å². The molecule has 4 rings (SSSR count). The van der Waals surface area contributed by atoms with Crippen LogP contribution in [-0.2, 0) is 9.92 Å². The molecule has 1 aliphatic heterocycles. The van der Waals surface area contributed by atoms with Gasteiger partial charge in [0.25, 0.3) is 0 Å². The molecule has 2 aromatic rings. The van der Waals surface area contributed by atoms with Crippen molar-refractivity contribution in [3.05, 3.63) is 60.9 Å². The smallest absolute Gasteiger partial charge is 0.137 e. The Morgan fingerprint density at radius 1 is 1.03 bits per heavy atom. The predicted molar refractivity (Wildman–Crippen MR) is 141 cm³/mol. The van der Waals surface area contributed by atoms with Crippen molar-refractivity contribution >= 4 is 21.3 Å². The Labute approximate surface area is 204 Å². The lowest BCUT2D eigenvalue weighted by atomic mass is 9.96. The summed E-state index contributed by atoms with van der Waals surface area (Å²) in [6.45, 7) is 6.06. The number of nitrogens with zero attached hydrogens (tertiary/aromatic N) is 2. The van der Waals surface area contributed by atoms with E-state index in [1.54, 1.807) is 14.2 Å². The third-order valence-corrected chi connectivity index (χ3v) is 8.74. The fraction of sp³-hybridized carbons (Fsp3) is 0.462. The Morgan fingerprint density at radius 3 is 2.38 bits per heavy atom. The van der Waals surface area contributed by atoms with Crippen LogP contribution in [0.3, 0.4) is 0 Å². The van der Waals surface area contributed by atoms with Crippen LogP contribution in [0.2, 0.25) is 0 Å². The van der Waals surface area contributed by atoms with Gasteiger partial charge >= 0.3 is 0 Å². The Balaban J connectivity index is 1.30. The first-order valence-corrected chi connectivity index (χ1v) is 13.6. The largest absolute Gasteiger partial charge is 0.497 e. The molecule has 2 atom stereocenters. The Kier molecular flexibility index (Phi) is 8.00. The van der Waals surface area contributed by atoms with Gasteiger partial charge in [-0.15, -0.1) is 0 Å². The molecule has 2 unspecified atom stereocenters. The van der Waals surface area contributed by atoms with Crippen molar-refractivity contribution < 1.29 is 8.95 Å². The molecule has 34 heavy (non-hydrogen) atoms. The third kappa shape index (κ3) is 6.04. The molecule has 1 saturated carbocycles. The molecule has 2 aromatic carbocycles. The molecule has 7 nitrogen and oxygen atoms in total. The monoisotopic (exact) mass is 483 g/mol. The van der Waals surface area contributed by atoms with Crippen LogP contribution >= 0.6 is 0 Å². The number of ether oxygens (including phenoxy) is 1. The average molecular weight is 484 g/mol. The van der Waals surface area contributed by atoms with E-state index in [2.05, 4.69) is 43.3 Å². The van der Waals surface area contributed by atoms with Gasteiger partial charge < -0.3 is 20.3 Å². The number of hydrogen-bond acceptors (Lipinski definition) is 6. The molecule has 0 spiro atoms. The molecular formula is C26H37N5O2S. The lowest BCUT2D eigenvalue weighted by Gasteiger charge is -2.24. The maximum absolute atomic E-state index is 13.4. The maximum atomic E-state index is 13.4. The fourth-order valence-electron chi connectivity index (χ4n) is 4.76. The lowest BCUT2D eigenvalue weighted by Crippen LogP contribution is -2.36. The van der Waals surface area contributed by atoms with E-state index in [1.165, 1.54) is 24.9 Å². The van der Waals surface area contributed by atoms with Crippen molar-refractivity contribution in [2.45, 2.75) is 55.5 Å². The maximum Gasteiger partial charge on any atom is 0.137 e. The van der Waals surface area contributed by atoms with E-state index in [9.17, 15) is 4.21 Å². The summed E-state index contributed by atoms with van der Waals surface area (Å²) >= 11 is 0. The molecule has 1 saturated heterocycles. The fourth-order valence-corrected chi connectivity index (χ4v) is 6.40. The van der Waals surface area contributed by atoms with Crippen LogP contribution in [0.25, 0.3) is 0 Å². The molecule has 3 N–H and O–H groups in total. The summed E-state index contributed by atoms with van der Waals surface area (Å²) in [6.07, 6.45) is 6.81. The lowest BCUT2D eigenvalue weighted by molar-refractivity contribution is 0.415. The van der Waals surface area contributed by atoms with Crippen molar-refractivity contribution in [2.24, 2.45) is 4.36 Å². The number of nitrogens with one attached hydrogen (secondary N) is 3. The second kappa shape index (κ2) is 11.1. The van der Waals surface area contributed by atoms with Crippen molar-refractivity contribution in [1.29, 1.82) is 0 Å². The van der Waals surface area contributed by atoms with E-state index in [0.29, 0.717) is 6.04 Å².